The number of ketones is 1. The zero-order valence-corrected chi connectivity index (χ0v) is 14.3. The zero-order valence-electron chi connectivity index (χ0n) is 12.7. The molecule has 1 aliphatic heterocycles. The maximum absolute atomic E-state index is 12.2. The quantitative estimate of drug-likeness (QED) is 0.529. The van der Waals surface area contributed by atoms with E-state index >= 15 is 0 Å². The van der Waals surface area contributed by atoms with Gasteiger partial charge in [-0.05, 0) is 31.0 Å². The van der Waals surface area contributed by atoms with Crippen molar-refractivity contribution in [3.8, 4) is 0 Å². The van der Waals surface area contributed by atoms with Crippen LogP contribution in [0.4, 0.5) is 5.69 Å². The Morgan fingerprint density at radius 3 is 2.43 bits per heavy atom. The molecule has 114 valence electrons. The number of carbonyl (C=O) groups is 2. The topological polar surface area (TPSA) is 37.4 Å². The number of carbonyl (C=O) groups excluding carboxylic acids is 2. The van der Waals surface area contributed by atoms with E-state index in [0.29, 0.717) is 12.1 Å². The lowest BCUT2D eigenvalue weighted by atomic mass is 10.1. The Balaban J connectivity index is 2.02. The van der Waals surface area contributed by atoms with Crippen LogP contribution in [0.1, 0.15) is 61.4 Å². The van der Waals surface area contributed by atoms with Crippen molar-refractivity contribution in [3.63, 3.8) is 0 Å². The SMILES string of the molecule is CCCCCCCCN1C(=O)C(=O)c2cc(Br)cc(C)c21. The Morgan fingerprint density at radius 1 is 1.05 bits per heavy atom. The second-order valence-corrected chi connectivity index (χ2v) is 6.59. The average Bonchev–Trinajstić information content (AvgIpc) is 2.68. The van der Waals surface area contributed by atoms with E-state index in [4.69, 9.17) is 0 Å². The summed E-state index contributed by atoms with van der Waals surface area (Å²) >= 11 is 3.39. The van der Waals surface area contributed by atoms with Crippen molar-refractivity contribution in [2.75, 3.05) is 11.4 Å². The third-order valence-corrected chi connectivity index (χ3v) is 4.41. The van der Waals surface area contributed by atoms with Crippen LogP contribution in [0.2, 0.25) is 0 Å². The standard InChI is InChI=1S/C17H22BrNO2/c1-3-4-5-6-7-8-9-19-15-12(2)10-13(18)11-14(15)16(20)17(19)21/h10-11H,3-9H2,1-2H3. The molecule has 21 heavy (non-hydrogen) atoms. The number of unbranched alkanes of at least 4 members (excludes halogenated alkanes) is 5. The van der Waals surface area contributed by atoms with Crippen LogP contribution in [-0.4, -0.2) is 18.2 Å². The minimum absolute atomic E-state index is 0.375. The summed E-state index contributed by atoms with van der Waals surface area (Å²) in [4.78, 5) is 25.9. The summed E-state index contributed by atoms with van der Waals surface area (Å²) in [6.45, 7) is 4.79. The summed E-state index contributed by atoms with van der Waals surface area (Å²) in [6, 6.07) is 3.71. The number of benzene rings is 1. The number of Topliss-reactive ketones (excluding diaryl/α,β-unsaturated/α-hetero) is 1. The molecule has 2 rings (SSSR count). The molecule has 0 bridgehead atoms. The number of rotatable bonds is 7. The van der Waals surface area contributed by atoms with Gasteiger partial charge in [-0.1, -0.05) is 55.0 Å². The number of amides is 1. The fourth-order valence-corrected chi connectivity index (χ4v) is 3.44. The van der Waals surface area contributed by atoms with Crippen molar-refractivity contribution >= 4 is 33.3 Å². The maximum Gasteiger partial charge on any atom is 0.299 e. The summed E-state index contributed by atoms with van der Waals surface area (Å²) in [6.07, 6.45) is 7.04. The molecule has 1 aliphatic rings. The van der Waals surface area contributed by atoms with Crippen molar-refractivity contribution in [1.29, 1.82) is 0 Å². The van der Waals surface area contributed by atoms with Gasteiger partial charge in [0.2, 0.25) is 0 Å². The monoisotopic (exact) mass is 351 g/mol. The first-order valence-corrected chi connectivity index (χ1v) is 8.52. The molecule has 1 aromatic carbocycles. The van der Waals surface area contributed by atoms with Crippen molar-refractivity contribution in [2.24, 2.45) is 0 Å². The molecule has 1 aromatic rings. The van der Waals surface area contributed by atoms with Crippen molar-refractivity contribution in [1.82, 2.24) is 0 Å². The minimum Gasteiger partial charge on any atom is -0.304 e. The second kappa shape index (κ2) is 7.21. The Hall–Kier alpha value is -1.16. The number of halogens is 1. The van der Waals surface area contributed by atoms with Crippen molar-refractivity contribution in [3.05, 3.63) is 27.7 Å². The minimum atomic E-state index is -0.375. The van der Waals surface area contributed by atoms with Gasteiger partial charge in [0.25, 0.3) is 11.7 Å². The van der Waals surface area contributed by atoms with Gasteiger partial charge >= 0.3 is 0 Å². The summed E-state index contributed by atoms with van der Waals surface area (Å²) in [7, 11) is 0. The molecule has 0 fully saturated rings. The third kappa shape index (κ3) is 3.54. The van der Waals surface area contributed by atoms with Gasteiger partial charge in [0, 0.05) is 11.0 Å². The van der Waals surface area contributed by atoms with E-state index in [1.807, 2.05) is 13.0 Å². The van der Waals surface area contributed by atoms with Crippen LogP contribution >= 0.6 is 15.9 Å². The highest BCUT2D eigenvalue weighted by Gasteiger charge is 2.36. The fraction of sp³-hybridized carbons (Fsp3) is 0.529. The van der Waals surface area contributed by atoms with E-state index in [1.165, 1.54) is 25.7 Å². The molecule has 0 N–H and O–H groups in total. The lowest BCUT2D eigenvalue weighted by Crippen LogP contribution is -2.31. The number of hydrogen-bond acceptors (Lipinski definition) is 2. The Morgan fingerprint density at radius 2 is 1.71 bits per heavy atom. The van der Waals surface area contributed by atoms with Crippen LogP contribution in [0.5, 0.6) is 0 Å². The van der Waals surface area contributed by atoms with Crippen molar-refractivity contribution in [2.45, 2.75) is 52.4 Å². The highest BCUT2D eigenvalue weighted by Crippen LogP contribution is 2.35. The van der Waals surface area contributed by atoms with Crippen molar-refractivity contribution < 1.29 is 9.59 Å². The normalized spacial score (nSPS) is 14.0. The van der Waals surface area contributed by atoms with Crippen LogP contribution in [0.25, 0.3) is 0 Å². The third-order valence-electron chi connectivity index (χ3n) is 3.95. The van der Waals surface area contributed by atoms with Gasteiger partial charge in [0.05, 0.1) is 11.3 Å². The molecule has 0 atom stereocenters. The first-order valence-electron chi connectivity index (χ1n) is 7.72. The van der Waals surface area contributed by atoms with E-state index in [-0.39, 0.29) is 11.7 Å². The first-order chi connectivity index (χ1) is 10.1. The molecule has 0 aromatic heterocycles. The Kier molecular flexibility index (Phi) is 5.57. The fourth-order valence-electron chi connectivity index (χ4n) is 2.87. The van der Waals surface area contributed by atoms with E-state index < -0.39 is 0 Å². The number of anilines is 1. The van der Waals surface area contributed by atoms with Crippen LogP contribution in [-0.2, 0) is 4.79 Å². The lowest BCUT2D eigenvalue weighted by molar-refractivity contribution is -0.114. The van der Waals surface area contributed by atoms with Crippen LogP contribution in [0.3, 0.4) is 0 Å². The average molecular weight is 352 g/mol. The number of nitrogens with zero attached hydrogens (tertiary/aromatic N) is 1. The lowest BCUT2D eigenvalue weighted by Gasteiger charge is -2.18. The summed E-state index contributed by atoms with van der Waals surface area (Å²) < 4.78 is 0.848. The molecule has 0 unspecified atom stereocenters. The summed E-state index contributed by atoms with van der Waals surface area (Å²) in [5.41, 5.74) is 2.32. The summed E-state index contributed by atoms with van der Waals surface area (Å²) in [5.74, 6) is -0.750. The molecule has 4 heteroatoms. The smallest absolute Gasteiger partial charge is 0.299 e. The molecule has 0 radical (unpaired) electrons. The highest BCUT2D eigenvalue weighted by atomic mass is 79.9. The van der Waals surface area contributed by atoms with Gasteiger partial charge in [-0.25, -0.2) is 0 Å². The predicted molar refractivity (Wildman–Crippen MR) is 88.9 cm³/mol. The maximum atomic E-state index is 12.2. The van der Waals surface area contributed by atoms with E-state index in [9.17, 15) is 9.59 Å². The zero-order chi connectivity index (χ0) is 15.4. The van der Waals surface area contributed by atoms with Gasteiger partial charge in [-0.2, -0.15) is 0 Å². The summed E-state index contributed by atoms with van der Waals surface area (Å²) in [5, 5.41) is 0. The Labute approximate surface area is 134 Å². The molecule has 1 heterocycles. The molecular formula is C17H22BrNO2. The molecule has 1 amide bonds. The van der Waals surface area contributed by atoms with Crippen LogP contribution < -0.4 is 4.90 Å². The first kappa shape index (κ1) is 16.2. The molecule has 0 saturated carbocycles. The number of aryl methyl sites for hydroxylation is 1. The largest absolute Gasteiger partial charge is 0.304 e. The van der Waals surface area contributed by atoms with Gasteiger partial charge in [-0.3, -0.25) is 9.59 Å². The number of hydrogen-bond donors (Lipinski definition) is 0. The molecule has 3 nitrogen and oxygen atoms in total. The number of fused-ring (bicyclic) bond motifs is 1. The van der Waals surface area contributed by atoms with E-state index in [1.54, 1.807) is 11.0 Å². The van der Waals surface area contributed by atoms with E-state index in [2.05, 4.69) is 22.9 Å². The van der Waals surface area contributed by atoms with Gasteiger partial charge in [0.1, 0.15) is 0 Å². The molecule has 0 saturated heterocycles. The second-order valence-electron chi connectivity index (χ2n) is 5.67. The molecule has 0 spiro atoms. The highest BCUT2D eigenvalue weighted by molar-refractivity contribution is 9.10. The van der Waals surface area contributed by atoms with Crippen LogP contribution in [0.15, 0.2) is 16.6 Å². The van der Waals surface area contributed by atoms with Gasteiger partial charge < -0.3 is 4.90 Å². The predicted octanol–water partition coefficient (Wildman–Crippen LogP) is 4.65. The van der Waals surface area contributed by atoms with Gasteiger partial charge in [0.15, 0.2) is 0 Å². The Bertz CT molecular complexity index is 554. The van der Waals surface area contributed by atoms with E-state index in [0.717, 1.165) is 28.6 Å². The molecular weight excluding hydrogens is 330 g/mol. The van der Waals surface area contributed by atoms with Gasteiger partial charge in [-0.15, -0.1) is 0 Å². The molecule has 0 aliphatic carbocycles. The van der Waals surface area contributed by atoms with Crippen LogP contribution in [0, 0.1) is 6.92 Å².